The van der Waals surface area contributed by atoms with Gasteiger partial charge in [0.1, 0.15) is 42.0 Å². The van der Waals surface area contributed by atoms with E-state index in [1.165, 1.54) is 20.8 Å². The molecule has 2 amide bonds. The number of aliphatic hydroxyl groups excluding tert-OH is 2. The van der Waals surface area contributed by atoms with E-state index >= 15 is 0 Å². The molecule has 58 heavy (non-hydrogen) atoms. The third kappa shape index (κ3) is 18.9. The number of ketones is 1. The van der Waals surface area contributed by atoms with Crippen LogP contribution in [0.15, 0.2) is 12.7 Å². The van der Waals surface area contributed by atoms with Gasteiger partial charge in [-0.25, -0.2) is 19.3 Å². The number of aliphatic hydroxyl groups is 2. The largest absolute Gasteiger partial charge is 1.00 e. The van der Waals surface area contributed by atoms with Gasteiger partial charge in [0.15, 0.2) is 22.8 Å². The first-order valence-corrected chi connectivity index (χ1v) is 20.7. The maximum Gasteiger partial charge on any atom is 1.00 e. The van der Waals surface area contributed by atoms with Crippen molar-refractivity contribution in [3.63, 3.8) is 0 Å². The van der Waals surface area contributed by atoms with Crippen molar-refractivity contribution in [3.8, 4) is 0 Å². The molecule has 1 aliphatic heterocycles. The van der Waals surface area contributed by atoms with Gasteiger partial charge in [-0.2, -0.15) is 0 Å². The minimum Gasteiger partial charge on any atom is -0.790 e. The summed E-state index contributed by atoms with van der Waals surface area (Å²) in [5, 5.41) is 25.6. The van der Waals surface area contributed by atoms with Crippen molar-refractivity contribution in [2.24, 2.45) is 5.41 Å². The molecule has 0 aliphatic carbocycles. The normalized spacial score (nSPS) is 20.4. The number of carbonyl (C=O) groups excluding carboxylic acids is 4. The molecule has 3 heterocycles. The number of Topliss-reactive ketones (excluding diaryl/α,β-unsaturated/α-hetero) is 1. The summed E-state index contributed by atoms with van der Waals surface area (Å²) in [5.41, 5.74) is 4.03. The number of phosphoric ester groups is 3. The van der Waals surface area contributed by atoms with Crippen LogP contribution < -0.4 is 111 Å². The number of hydrogen-bond acceptors (Lipinski definition) is 23. The Bertz CT molecular complexity index is 1850. The zero-order valence-electron chi connectivity index (χ0n) is 32.5. The summed E-state index contributed by atoms with van der Waals surface area (Å²) in [7, 11) is -17.6. The smallest absolute Gasteiger partial charge is 0.790 e. The molecular formula is C25H36Li4N7O18P3S. The van der Waals surface area contributed by atoms with Crippen molar-refractivity contribution in [2.75, 3.05) is 37.8 Å². The van der Waals surface area contributed by atoms with Crippen LogP contribution in [0.3, 0.4) is 0 Å². The molecule has 304 valence electrons. The number of nitrogens with zero attached hydrogens (tertiary/aromatic N) is 4. The zero-order valence-corrected chi connectivity index (χ0v) is 36.0. The summed E-state index contributed by atoms with van der Waals surface area (Å²) >= 11 is 0.866. The molecule has 1 fully saturated rings. The summed E-state index contributed by atoms with van der Waals surface area (Å²) in [6, 6.07) is 0. The van der Waals surface area contributed by atoms with Gasteiger partial charge in [-0.1, -0.05) is 25.6 Å². The molecule has 7 atom stereocenters. The van der Waals surface area contributed by atoms with Gasteiger partial charge < -0.3 is 69.0 Å². The molecule has 25 nitrogen and oxygen atoms in total. The van der Waals surface area contributed by atoms with Gasteiger partial charge in [-0.05, 0) is 6.92 Å². The third-order valence-electron chi connectivity index (χ3n) is 7.13. The topological polar surface area (TPSA) is 392 Å². The maximum atomic E-state index is 12.5. The number of thioether (sulfide) groups is 1. The van der Waals surface area contributed by atoms with Crippen LogP contribution >= 0.6 is 35.2 Å². The molecular weight excluding hydrogens is 839 g/mol. The van der Waals surface area contributed by atoms with Crippen LogP contribution in [0.5, 0.6) is 0 Å². The molecule has 2 aromatic rings. The van der Waals surface area contributed by atoms with Gasteiger partial charge in [-0.15, -0.1) is 0 Å². The number of aromatic nitrogens is 4. The first-order valence-electron chi connectivity index (χ1n) is 15.4. The summed E-state index contributed by atoms with van der Waals surface area (Å²) in [4.78, 5) is 106. The SMILES string of the molecule is CC(=O)CC(=O)SCCNC(=O)CCNC(=O)C(O)C(C)(C)COP(=O)([O-])OP(=O)([O-])OC[C@H]1O[C@@H](n2cnc3c(N)ncnc32)[C@H](O)[C@@H]1OP(=O)([O-])[O-].[Li+].[Li+].[Li+].[Li+]. The van der Waals surface area contributed by atoms with Gasteiger partial charge >= 0.3 is 75.4 Å². The van der Waals surface area contributed by atoms with Crippen molar-refractivity contribution < 1.29 is 161 Å². The van der Waals surface area contributed by atoms with Crippen LogP contribution in [0.2, 0.25) is 0 Å². The third-order valence-corrected chi connectivity index (χ3v) is 11.0. The fourth-order valence-corrected chi connectivity index (χ4v) is 8.00. The number of fused-ring (bicyclic) bond motifs is 1. The fourth-order valence-electron chi connectivity index (χ4n) is 4.53. The fraction of sp³-hybridized carbons (Fsp3) is 0.640. The second kappa shape index (κ2) is 25.7. The second-order valence-corrected chi connectivity index (χ2v) is 17.3. The Labute approximate surface area is 383 Å². The molecule has 0 bridgehead atoms. The summed E-state index contributed by atoms with van der Waals surface area (Å²) in [6.07, 6.45) is -7.92. The number of carbonyl (C=O) groups is 4. The number of nitrogens with two attached hydrogens (primary N) is 1. The molecule has 0 aromatic carbocycles. The van der Waals surface area contributed by atoms with E-state index < -0.39 is 84.6 Å². The van der Waals surface area contributed by atoms with Crippen LogP contribution in [0.1, 0.15) is 39.8 Å². The number of phosphoric acid groups is 3. The molecule has 1 aliphatic rings. The Kier molecular flexibility index (Phi) is 26.4. The number of amides is 2. The Hall–Kier alpha value is -0.380. The van der Waals surface area contributed by atoms with E-state index in [1.54, 1.807) is 0 Å². The monoisotopic (exact) mass is 875 g/mol. The molecule has 3 rings (SSSR count). The number of anilines is 1. The second-order valence-electron chi connectivity index (χ2n) is 12.1. The van der Waals surface area contributed by atoms with Crippen LogP contribution in [0.25, 0.3) is 11.2 Å². The van der Waals surface area contributed by atoms with Crippen molar-refractivity contribution in [2.45, 2.75) is 64.3 Å². The van der Waals surface area contributed by atoms with Gasteiger partial charge in [0.2, 0.25) is 11.8 Å². The average Bonchev–Trinajstić information content (AvgIpc) is 3.60. The van der Waals surface area contributed by atoms with E-state index in [1.807, 2.05) is 0 Å². The number of rotatable bonds is 21. The van der Waals surface area contributed by atoms with E-state index in [9.17, 15) is 62.7 Å². The zero-order chi connectivity index (χ0) is 40.6. The van der Waals surface area contributed by atoms with Gasteiger partial charge in [0.05, 0.1) is 33.8 Å². The Morgan fingerprint density at radius 2 is 1.64 bits per heavy atom. The van der Waals surface area contributed by atoms with Crippen molar-refractivity contribution in [1.29, 1.82) is 0 Å². The van der Waals surface area contributed by atoms with Crippen LogP contribution in [-0.4, -0.2) is 109 Å². The van der Waals surface area contributed by atoms with E-state index in [-0.39, 0.29) is 135 Å². The number of imidazole rings is 1. The maximum absolute atomic E-state index is 12.5. The van der Waals surface area contributed by atoms with Gasteiger partial charge in [0, 0.05) is 30.7 Å². The van der Waals surface area contributed by atoms with E-state index in [0.717, 1.165) is 29.0 Å². The number of nitrogen functional groups attached to an aromatic ring is 1. The predicted octanol–water partition coefficient (Wildman–Crippen LogP) is -15.9. The first-order chi connectivity index (χ1) is 24.9. The summed E-state index contributed by atoms with van der Waals surface area (Å²) in [6.45, 7) is 1.17. The molecule has 6 N–H and O–H groups in total. The Morgan fingerprint density at radius 3 is 2.24 bits per heavy atom. The quantitative estimate of drug-likeness (QED) is 0.0336. The molecule has 1 saturated heterocycles. The number of nitrogens with one attached hydrogen (secondary N) is 2. The average molecular weight is 875 g/mol. The van der Waals surface area contributed by atoms with Crippen LogP contribution in [-0.2, 0) is 55.5 Å². The number of hydrogen-bond donors (Lipinski definition) is 5. The van der Waals surface area contributed by atoms with Gasteiger partial charge in [0.25, 0.3) is 15.6 Å². The van der Waals surface area contributed by atoms with Crippen molar-refractivity contribution in [1.82, 2.24) is 30.2 Å². The van der Waals surface area contributed by atoms with Crippen LogP contribution in [0, 0.1) is 5.41 Å². The number of ether oxygens (including phenoxy) is 1. The van der Waals surface area contributed by atoms with Crippen molar-refractivity contribution >= 4 is 74.9 Å². The van der Waals surface area contributed by atoms with E-state index in [0.29, 0.717) is 0 Å². The standard InChI is InChI=1S/C25H40N7O18P3S.4Li/c1-13(33)8-16(35)54-7-6-27-15(34)4-5-28-23(38)20(37)25(2,3)10-47-53(44,45)50-52(42,43)46-9-14-19(49-51(39,40)41)18(36)24(48-14)32-12-31-17-21(26)29-11-30-22(17)32;;;;/h11-12,14,18-20,24,36-37H,4-10H2,1-3H3,(H,27,34)(H,28,38)(H,42,43)(H,44,45)(H2,26,29,30)(H2,39,40,41);;;;/q;4*+1/p-4/t14-,18-,19-,20?,24-;;;;/m1..../s1. The molecule has 0 spiro atoms. The molecule has 3 unspecified atom stereocenters. The Balaban J connectivity index is 0. The minimum atomic E-state index is -5.92. The molecule has 0 saturated carbocycles. The summed E-state index contributed by atoms with van der Waals surface area (Å²) < 4.78 is 60.3. The van der Waals surface area contributed by atoms with Crippen molar-refractivity contribution in [3.05, 3.63) is 12.7 Å². The van der Waals surface area contributed by atoms with Gasteiger partial charge in [-0.3, -0.25) is 32.9 Å². The predicted molar refractivity (Wildman–Crippen MR) is 174 cm³/mol. The molecule has 2 aromatic heterocycles. The summed E-state index contributed by atoms with van der Waals surface area (Å²) in [5.74, 6) is -1.72. The molecule has 0 radical (unpaired) electrons. The van der Waals surface area contributed by atoms with Crippen LogP contribution in [0.4, 0.5) is 5.82 Å². The first kappa shape index (κ1) is 59.7. The van der Waals surface area contributed by atoms with E-state index in [4.69, 9.17) is 10.5 Å². The molecule has 33 heteroatoms. The van der Waals surface area contributed by atoms with E-state index in [2.05, 4.69) is 43.5 Å². The minimum absolute atomic E-state index is 0. The Morgan fingerprint density at radius 1 is 1.02 bits per heavy atom.